The number of amides is 2. The van der Waals surface area contributed by atoms with Gasteiger partial charge >= 0.3 is 5.97 Å². The molecule has 1 aliphatic rings. The van der Waals surface area contributed by atoms with Crippen molar-refractivity contribution in [2.75, 3.05) is 13.2 Å². The second-order valence-corrected chi connectivity index (χ2v) is 7.78. The molecule has 7 nitrogen and oxygen atoms in total. The lowest BCUT2D eigenvalue weighted by atomic mass is 10.2. The van der Waals surface area contributed by atoms with Gasteiger partial charge in [0.1, 0.15) is 6.54 Å². The average Bonchev–Trinajstić information content (AvgIpc) is 2.91. The molecule has 0 bridgehead atoms. The smallest absolute Gasteiger partial charge is 0.326 e. The molecule has 1 aromatic carbocycles. The van der Waals surface area contributed by atoms with Crippen LogP contribution in [0.5, 0.6) is 11.5 Å². The maximum Gasteiger partial charge on any atom is 0.326 e. The van der Waals surface area contributed by atoms with E-state index in [1.807, 2.05) is 27.7 Å². The Morgan fingerprint density at radius 3 is 2.52 bits per heavy atom. The summed E-state index contributed by atoms with van der Waals surface area (Å²) in [6.07, 6.45) is 1.99. The van der Waals surface area contributed by atoms with Gasteiger partial charge < -0.3 is 14.2 Å². The highest BCUT2D eigenvalue weighted by Crippen LogP contribution is 2.35. The maximum atomic E-state index is 12.6. The molecule has 0 radical (unpaired) electrons. The third-order valence-corrected chi connectivity index (χ3v) is 4.90. The van der Waals surface area contributed by atoms with Gasteiger partial charge in [-0.25, -0.2) is 0 Å². The monoisotopic (exact) mass is 421 g/mol. The van der Waals surface area contributed by atoms with Crippen molar-refractivity contribution < 1.29 is 28.6 Å². The number of imide groups is 1. The third-order valence-electron chi connectivity index (χ3n) is 4.00. The first kappa shape index (κ1) is 22.8. The van der Waals surface area contributed by atoms with Crippen molar-refractivity contribution in [2.24, 2.45) is 0 Å². The van der Waals surface area contributed by atoms with E-state index in [0.717, 1.165) is 16.7 Å². The Hall–Kier alpha value is -2.48. The van der Waals surface area contributed by atoms with Gasteiger partial charge in [-0.05, 0) is 69.6 Å². The minimum Gasteiger partial charge on any atom is -0.490 e. The van der Waals surface area contributed by atoms with Crippen molar-refractivity contribution in [1.29, 1.82) is 0 Å². The third kappa shape index (κ3) is 6.25. The number of esters is 1. The fourth-order valence-corrected chi connectivity index (χ4v) is 3.33. The summed E-state index contributed by atoms with van der Waals surface area (Å²) >= 11 is 0.796. The number of carbonyl (C=O) groups excluding carboxylic acids is 3. The molecule has 1 atom stereocenters. The molecule has 0 spiro atoms. The average molecular weight is 422 g/mol. The van der Waals surface area contributed by atoms with Crippen molar-refractivity contribution in [1.82, 2.24) is 4.90 Å². The molecule has 0 saturated carbocycles. The van der Waals surface area contributed by atoms with Gasteiger partial charge in [0.05, 0.1) is 23.7 Å². The lowest BCUT2D eigenvalue weighted by molar-refractivity contribution is -0.150. The summed E-state index contributed by atoms with van der Waals surface area (Å²) in [5.74, 6) is 0.0597. The van der Waals surface area contributed by atoms with E-state index in [0.29, 0.717) is 30.1 Å². The Kier molecular flexibility index (Phi) is 8.13. The second kappa shape index (κ2) is 10.3. The lowest BCUT2D eigenvalue weighted by Crippen LogP contribution is -2.35. The van der Waals surface area contributed by atoms with Gasteiger partial charge in [-0.15, -0.1) is 0 Å². The van der Waals surface area contributed by atoms with Crippen LogP contribution in [0.25, 0.3) is 6.08 Å². The molecule has 8 heteroatoms. The van der Waals surface area contributed by atoms with Gasteiger partial charge in [0, 0.05) is 0 Å². The molecular weight excluding hydrogens is 394 g/mol. The van der Waals surface area contributed by atoms with Crippen molar-refractivity contribution in [3.8, 4) is 11.5 Å². The van der Waals surface area contributed by atoms with Crippen LogP contribution in [0.1, 0.15) is 46.6 Å². The summed E-state index contributed by atoms with van der Waals surface area (Å²) in [5, 5.41) is -0.493. The minimum absolute atomic E-state index is 0.00765. The molecule has 1 aromatic rings. The highest BCUT2D eigenvalue weighted by atomic mass is 32.2. The normalized spacial score (nSPS) is 16.5. The van der Waals surface area contributed by atoms with E-state index in [1.54, 1.807) is 31.2 Å². The van der Waals surface area contributed by atoms with Crippen LogP contribution >= 0.6 is 11.8 Å². The molecule has 1 aliphatic heterocycles. The van der Waals surface area contributed by atoms with E-state index >= 15 is 0 Å². The lowest BCUT2D eigenvalue weighted by Gasteiger charge is -2.15. The quantitative estimate of drug-likeness (QED) is 0.435. The van der Waals surface area contributed by atoms with E-state index < -0.39 is 23.7 Å². The van der Waals surface area contributed by atoms with Crippen LogP contribution in [0.15, 0.2) is 23.1 Å². The molecule has 1 saturated heterocycles. The summed E-state index contributed by atoms with van der Waals surface area (Å²) in [5.41, 5.74) is 0.692. The van der Waals surface area contributed by atoms with Crippen LogP contribution in [-0.4, -0.2) is 47.4 Å². The van der Waals surface area contributed by atoms with E-state index in [2.05, 4.69) is 0 Å². The van der Waals surface area contributed by atoms with Crippen LogP contribution in [0.3, 0.4) is 0 Å². The number of nitrogens with zero attached hydrogens (tertiary/aromatic N) is 1. The first-order chi connectivity index (χ1) is 13.7. The SMILES string of the molecule is CCOc1cc(/C=C2/SC(=O)N(CC(=O)O[C@H](C)CC)C2=O)ccc1OC(C)C. The summed E-state index contributed by atoms with van der Waals surface area (Å²) in [6, 6.07) is 5.31. The number of hydrogen-bond donors (Lipinski definition) is 0. The van der Waals surface area contributed by atoms with E-state index in [-0.39, 0.29) is 17.1 Å². The molecule has 29 heavy (non-hydrogen) atoms. The van der Waals surface area contributed by atoms with Crippen LogP contribution in [-0.2, 0) is 14.3 Å². The van der Waals surface area contributed by atoms with Gasteiger partial charge in [0.15, 0.2) is 11.5 Å². The summed E-state index contributed by atoms with van der Waals surface area (Å²) in [6.45, 7) is 9.43. The fraction of sp³-hybridized carbons (Fsp3) is 0.476. The Labute approximate surface area is 175 Å². The summed E-state index contributed by atoms with van der Waals surface area (Å²) < 4.78 is 16.5. The van der Waals surface area contributed by atoms with Crippen LogP contribution < -0.4 is 9.47 Å². The highest BCUT2D eigenvalue weighted by Gasteiger charge is 2.36. The predicted molar refractivity (Wildman–Crippen MR) is 112 cm³/mol. The molecule has 158 valence electrons. The number of benzene rings is 1. The topological polar surface area (TPSA) is 82.1 Å². The van der Waals surface area contributed by atoms with Crippen molar-refractivity contribution in [2.45, 2.75) is 53.2 Å². The zero-order valence-corrected chi connectivity index (χ0v) is 18.2. The molecule has 0 unspecified atom stereocenters. The Bertz CT molecular complexity index is 804. The second-order valence-electron chi connectivity index (χ2n) is 6.78. The Morgan fingerprint density at radius 1 is 1.17 bits per heavy atom. The van der Waals surface area contributed by atoms with Crippen LogP contribution in [0, 0.1) is 0 Å². The highest BCUT2D eigenvalue weighted by molar-refractivity contribution is 8.18. The number of carbonyl (C=O) groups is 3. The standard InChI is InChI=1S/C21H27NO6S/c1-6-14(5)28-19(23)12-22-20(24)18(29-21(22)25)11-15-8-9-16(27-13(3)4)17(10-15)26-7-2/h8-11,13-14H,6-7,12H2,1-5H3/b18-11+/t14-/m1/s1. The Balaban J connectivity index is 2.18. The van der Waals surface area contributed by atoms with Crippen molar-refractivity contribution in [3.05, 3.63) is 28.7 Å². The number of thioether (sulfide) groups is 1. The van der Waals surface area contributed by atoms with E-state index in [9.17, 15) is 14.4 Å². The number of rotatable bonds is 9. The number of hydrogen-bond acceptors (Lipinski definition) is 7. The first-order valence-electron chi connectivity index (χ1n) is 9.63. The zero-order chi connectivity index (χ0) is 21.6. The van der Waals surface area contributed by atoms with Gasteiger partial charge in [-0.3, -0.25) is 19.3 Å². The first-order valence-corrected chi connectivity index (χ1v) is 10.4. The number of ether oxygens (including phenoxy) is 3. The minimum atomic E-state index is -0.600. The fourth-order valence-electron chi connectivity index (χ4n) is 2.50. The largest absolute Gasteiger partial charge is 0.490 e. The Morgan fingerprint density at radius 2 is 1.90 bits per heavy atom. The van der Waals surface area contributed by atoms with Crippen molar-refractivity contribution >= 4 is 35.0 Å². The summed E-state index contributed by atoms with van der Waals surface area (Å²) in [7, 11) is 0. The van der Waals surface area contributed by atoms with Crippen molar-refractivity contribution in [3.63, 3.8) is 0 Å². The predicted octanol–water partition coefficient (Wildman–Crippen LogP) is 4.25. The molecule has 2 rings (SSSR count). The zero-order valence-electron chi connectivity index (χ0n) is 17.4. The summed E-state index contributed by atoms with van der Waals surface area (Å²) in [4.78, 5) is 37.9. The molecule has 2 amide bonds. The van der Waals surface area contributed by atoms with E-state index in [4.69, 9.17) is 14.2 Å². The molecule has 1 heterocycles. The molecule has 0 N–H and O–H groups in total. The van der Waals surface area contributed by atoms with Gasteiger partial charge in [0.2, 0.25) is 0 Å². The molecular formula is C21H27NO6S. The molecule has 0 aliphatic carbocycles. The van der Waals surface area contributed by atoms with Gasteiger partial charge in [-0.2, -0.15) is 0 Å². The van der Waals surface area contributed by atoms with Gasteiger partial charge in [-0.1, -0.05) is 13.0 Å². The van der Waals surface area contributed by atoms with Gasteiger partial charge in [0.25, 0.3) is 11.1 Å². The van der Waals surface area contributed by atoms with E-state index in [1.165, 1.54) is 0 Å². The molecule has 1 fully saturated rings. The van der Waals surface area contributed by atoms with Crippen LogP contribution in [0.4, 0.5) is 4.79 Å². The maximum absolute atomic E-state index is 12.6. The van der Waals surface area contributed by atoms with Crippen LogP contribution in [0.2, 0.25) is 0 Å². The molecule has 0 aromatic heterocycles.